The van der Waals surface area contributed by atoms with Crippen molar-refractivity contribution in [3.05, 3.63) is 0 Å². The van der Waals surface area contributed by atoms with Gasteiger partial charge < -0.3 is 4.74 Å². The highest BCUT2D eigenvalue weighted by Crippen LogP contribution is 2.30. The van der Waals surface area contributed by atoms with Crippen LogP contribution < -0.4 is 0 Å². The van der Waals surface area contributed by atoms with E-state index in [0.29, 0.717) is 11.0 Å². The topological polar surface area (TPSA) is 26.3 Å². The summed E-state index contributed by atoms with van der Waals surface area (Å²) in [7, 11) is -1.49. The molecule has 0 N–H and O–H groups in total. The van der Waals surface area contributed by atoms with Crippen molar-refractivity contribution < 1.29 is 22.7 Å². The fourth-order valence-electron chi connectivity index (χ4n) is 1.77. The van der Waals surface area contributed by atoms with Crippen LogP contribution in [-0.4, -0.2) is 36.3 Å². The first-order valence-electron chi connectivity index (χ1n) is 7.53. The Labute approximate surface area is 147 Å². The number of carbonyl (C=O) groups is 1. The molecule has 1 atom stereocenters. The molecule has 0 amide bonds. The van der Waals surface area contributed by atoms with Gasteiger partial charge in [0, 0.05) is 19.7 Å². The van der Waals surface area contributed by atoms with Crippen LogP contribution in [0.4, 0.5) is 13.2 Å². The third kappa shape index (κ3) is 12.9. The van der Waals surface area contributed by atoms with Crippen molar-refractivity contribution in [1.82, 2.24) is 0 Å². The molecule has 0 aliphatic rings. The number of thioether (sulfide) groups is 1. The summed E-state index contributed by atoms with van der Waals surface area (Å²) in [5, 5.41) is -0.111. The standard InChI is InChI=1S/C15H27F3O2S2Si/c1-14(2,3)10-20-13(21)22-11(9-23(4,5)6)7-8-12(19)15(16,17)18/h11H,7-10H2,1-6H3. The summed E-state index contributed by atoms with van der Waals surface area (Å²) >= 11 is 6.48. The Bertz CT molecular complexity index is 412. The molecule has 0 saturated carbocycles. The Hall–Kier alpha value is -0.0831. The second-order valence-electron chi connectivity index (χ2n) is 8.06. The molecule has 0 spiro atoms. The minimum atomic E-state index is -4.75. The van der Waals surface area contributed by atoms with Gasteiger partial charge in [-0.1, -0.05) is 52.2 Å². The van der Waals surface area contributed by atoms with Gasteiger partial charge in [0.05, 0.1) is 6.61 Å². The number of hydrogen-bond acceptors (Lipinski definition) is 4. The second kappa shape index (κ2) is 8.85. The van der Waals surface area contributed by atoms with Crippen LogP contribution in [0.2, 0.25) is 25.7 Å². The molecule has 0 aromatic rings. The normalized spacial score (nSPS) is 14.5. The maximum absolute atomic E-state index is 12.4. The van der Waals surface area contributed by atoms with Gasteiger partial charge in [-0.15, -0.1) is 0 Å². The van der Waals surface area contributed by atoms with Crippen molar-refractivity contribution in [1.29, 1.82) is 0 Å². The fraction of sp³-hybridized carbons (Fsp3) is 0.867. The monoisotopic (exact) mass is 388 g/mol. The minimum absolute atomic E-state index is 0.0366. The van der Waals surface area contributed by atoms with Crippen molar-refractivity contribution in [2.45, 2.75) is 70.7 Å². The maximum Gasteiger partial charge on any atom is 0.449 e. The molecular weight excluding hydrogens is 361 g/mol. The lowest BCUT2D eigenvalue weighted by Crippen LogP contribution is -2.28. The molecule has 136 valence electrons. The van der Waals surface area contributed by atoms with Gasteiger partial charge in [-0.05, 0) is 30.1 Å². The van der Waals surface area contributed by atoms with Crippen LogP contribution in [0.3, 0.4) is 0 Å². The van der Waals surface area contributed by atoms with Gasteiger partial charge in [-0.25, -0.2) is 0 Å². The number of carbonyl (C=O) groups excluding carboxylic acids is 1. The van der Waals surface area contributed by atoms with Gasteiger partial charge in [0.15, 0.2) is 0 Å². The molecule has 0 radical (unpaired) electrons. The van der Waals surface area contributed by atoms with E-state index in [4.69, 9.17) is 17.0 Å². The molecule has 1 unspecified atom stereocenters. The Morgan fingerprint density at radius 2 is 1.74 bits per heavy atom. The highest BCUT2D eigenvalue weighted by Gasteiger charge is 2.38. The van der Waals surface area contributed by atoms with E-state index in [0.717, 1.165) is 6.04 Å². The van der Waals surface area contributed by atoms with Gasteiger partial charge in [0.1, 0.15) is 0 Å². The van der Waals surface area contributed by atoms with Crippen LogP contribution in [0.15, 0.2) is 0 Å². The number of ether oxygens (including phenoxy) is 1. The van der Waals surface area contributed by atoms with E-state index < -0.39 is 26.5 Å². The molecule has 0 bridgehead atoms. The Balaban J connectivity index is 4.64. The van der Waals surface area contributed by atoms with Gasteiger partial charge >= 0.3 is 6.18 Å². The lowest BCUT2D eigenvalue weighted by Gasteiger charge is -2.25. The fourth-order valence-corrected chi connectivity index (χ4v) is 6.27. The Morgan fingerprint density at radius 3 is 2.13 bits per heavy atom. The molecule has 0 aliphatic carbocycles. The first-order chi connectivity index (χ1) is 10.1. The molecule has 0 aromatic carbocycles. The number of Topliss-reactive ketones (excluding diaryl/α,β-unsaturated/α-hetero) is 1. The van der Waals surface area contributed by atoms with Crippen molar-refractivity contribution in [2.75, 3.05) is 6.61 Å². The molecule has 0 aromatic heterocycles. The summed E-state index contributed by atoms with van der Waals surface area (Å²) in [4.78, 5) is 11.1. The van der Waals surface area contributed by atoms with Crippen LogP contribution >= 0.6 is 24.0 Å². The molecule has 0 fully saturated rings. The molecule has 0 heterocycles. The molecule has 0 rings (SSSR count). The van der Waals surface area contributed by atoms with Crippen LogP contribution in [-0.2, 0) is 9.53 Å². The summed E-state index contributed by atoms with van der Waals surface area (Å²) < 4.78 is 42.9. The number of hydrogen-bond donors (Lipinski definition) is 0. The summed E-state index contributed by atoms with van der Waals surface area (Å²) in [5.74, 6) is -1.67. The highest BCUT2D eigenvalue weighted by molar-refractivity contribution is 8.23. The quantitative estimate of drug-likeness (QED) is 0.414. The minimum Gasteiger partial charge on any atom is -0.478 e. The maximum atomic E-state index is 12.4. The van der Waals surface area contributed by atoms with Crippen molar-refractivity contribution in [2.24, 2.45) is 5.41 Å². The summed E-state index contributed by atoms with van der Waals surface area (Å²) in [6.07, 6.45) is -5.07. The van der Waals surface area contributed by atoms with Gasteiger partial charge in [-0.2, -0.15) is 13.2 Å². The number of alkyl halides is 3. The number of rotatable bonds is 7. The van der Waals surface area contributed by atoms with Crippen molar-refractivity contribution >= 4 is 42.2 Å². The largest absolute Gasteiger partial charge is 0.478 e. The number of halogens is 3. The average Bonchev–Trinajstić information content (AvgIpc) is 2.29. The number of thiocarbonyl (C=S) groups is 1. The van der Waals surface area contributed by atoms with E-state index in [2.05, 4.69) is 19.6 Å². The van der Waals surface area contributed by atoms with Crippen LogP contribution in [0.5, 0.6) is 0 Å². The molecule has 23 heavy (non-hydrogen) atoms. The van der Waals surface area contributed by atoms with Crippen molar-refractivity contribution in [3.63, 3.8) is 0 Å². The highest BCUT2D eigenvalue weighted by atomic mass is 32.2. The van der Waals surface area contributed by atoms with Crippen LogP contribution in [0.1, 0.15) is 33.6 Å². The summed E-state index contributed by atoms with van der Waals surface area (Å²) in [6, 6.07) is 0.793. The van der Waals surface area contributed by atoms with Gasteiger partial charge in [0.2, 0.25) is 10.2 Å². The number of ketones is 1. The second-order valence-corrected chi connectivity index (χ2v) is 15.5. The first-order valence-corrected chi connectivity index (χ1v) is 12.5. The predicted molar refractivity (Wildman–Crippen MR) is 97.8 cm³/mol. The first kappa shape index (κ1) is 22.9. The summed E-state index contributed by atoms with van der Waals surface area (Å²) in [6.45, 7) is 12.9. The molecule has 2 nitrogen and oxygen atoms in total. The van der Waals surface area contributed by atoms with E-state index in [-0.39, 0.29) is 17.1 Å². The van der Waals surface area contributed by atoms with Gasteiger partial charge in [0.25, 0.3) is 0 Å². The SMILES string of the molecule is CC(C)(C)COC(=S)SC(CCC(=O)C(F)(F)F)C[Si](C)(C)C. The third-order valence-electron chi connectivity index (χ3n) is 2.74. The van der Waals surface area contributed by atoms with E-state index in [1.54, 1.807) is 0 Å². The zero-order valence-corrected chi connectivity index (χ0v) is 17.3. The van der Waals surface area contributed by atoms with E-state index in [1.165, 1.54) is 11.8 Å². The Kier molecular flexibility index (Phi) is 8.82. The molecule has 0 aliphatic heterocycles. The van der Waals surface area contributed by atoms with E-state index in [1.807, 2.05) is 20.8 Å². The molecular formula is C15H27F3O2S2Si. The lowest BCUT2D eigenvalue weighted by molar-refractivity contribution is -0.171. The van der Waals surface area contributed by atoms with Crippen molar-refractivity contribution in [3.8, 4) is 0 Å². The predicted octanol–water partition coefficient (Wildman–Crippen LogP) is 5.69. The van der Waals surface area contributed by atoms with Crippen LogP contribution in [0.25, 0.3) is 0 Å². The van der Waals surface area contributed by atoms with E-state index in [9.17, 15) is 18.0 Å². The van der Waals surface area contributed by atoms with Gasteiger partial charge in [-0.3, -0.25) is 4.79 Å². The zero-order valence-electron chi connectivity index (χ0n) is 14.7. The van der Waals surface area contributed by atoms with Crippen LogP contribution in [0, 0.1) is 5.41 Å². The smallest absolute Gasteiger partial charge is 0.449 e. The summed E-state index contributed by atoms with van der Waals surface area (Å²) in [5.41, 5.74) is -0.0366. The average molecular weight is 389 g/mol. The molecule has 0 saturated heterocycles. The lowest BCUT2D eigenvalue weighted by atomic mass is 9.99. The Morgan fingerprint density at radius 1 is 1.22 bits per heavy atom. The third-order valence-corrected chi connectivity index (χ3v) is 6.20. The molecule has 8 heteroatoms. The van der Waals surface area contributed by atoms with E-state index >= 15 is 0 Å². The zero-order chi connectivity index (χ0) is 18.5.